The normalized spacial score (nSPS) is 30.4. The van der Waals surface area contributed by atoms with Crippen LogP contribution in [0.15, 0.2) is 6.07 Å². The maximum absolute atomic E-state index is 13.3. The summed E-state index contributed by atoms with van der Waals surface area (Å²) < 4.78 is 23.3. The van der Waals surface area contributed by atoms with E-state index in [1.165, 1.54) is 25.8 Å². The molecule has 12 nitrogen and oxygen atoms in total. The van der Waals surface area contributed by atoms with Crippen molar-refractivity contribution in [3.63, 3.8) is 0 Å². The molecule has 7 atom stereocenters. The van der Waals surface area contributed by atoms with Crippen molar-refractivity contribution >= 4 is 23.6 Å². The van der Waals surface area contributed by atoms with Crippen LogP contribution in [0, 0.1) is 25.2 Å². The van der Waals surface area contributed by atoms with Gasteiger partial charge in [-0.25, -0.2) is 4.79 Å². The first-order chi connectivity index (χ1) is 21.1. The van der Waals surface area contributed by atoms with Crippen LogP contribution in [0.4, 0.5) is 0 Å². The van der Waals surface area contributed by atoms with Gasteiger partial charge in [0.15, 0.2) is 23.0 Å². The molecule has 0 aromatic heterocycles. The van der Waals surface area contributed by atoms with E-state index < -0.39 is 41.4 Å². The third-order valence-electron chi connectivity index (χ3n) is 9.82. The number of thioether (sulfide) groups is 1. The Morgan fingerprint density at radius 1 is 1.16 bits per heavy atom. The molecule has 7 rings (SSSR count). The lowest BCUT2D eigenvalue weighted by atomic mass is 9.71. The third kappa shape index (κ3) is 3.90. The summed E-state index contributed by atoms with van der Waals surface area (Å²) in [4.78, 5) is 29.6. The molecule has 4 bridgehead atoms. The number of amides is 1. The number of carbonyl (C=O) groups excluding carboxylic acids is 2. The van der Waals surface area contributed by atoms with Crippen LogP contribution in [-0.4, -0.2) is 89.4 Å². The molecule has 5 aliphatic rings. The maximum Gasteiger partial charge on any atom is 0.329 e. The van der Waals surface area contributed by atoms with Crippen molar-refractivity contribution in [2.45, 2.75) is 68.7 Å². The summed E-state index contributed by atoms with van der Waals surface area (Å²) in [6.07, 6.45) is 0.515. The molecule has 44 heavy (non-hydrogen) atoms. The number of phenolic OH excluding ortho intramolecular Hbond substituents is 2. The topological polar surface area (TPSA) is 154 Å². The summed E-state index contributed by atoms with van der Waals surface area (Å²) in [6.45, 7) is 4.83. The molecular weight excluding hydrogens is 588 g/mol. The van der Waals surface area contributed by atoms with Crippen LogP contribution >= 0.6 is 11.8 Å². The van der Waals surface area contributed by atoms with E-state index >= 15 is 0 Å². The third-order valence-corrected chi connectivity index (χ3v) is 11.2. The van der Waals surface area contributed by atoms with Gasteiger partial charge in [-0.3, -0.25) is 14.6 Å². The molecule has 2 fully saturated rings. The molecule has 1 unspecified atom stereocenters. The number of rotatable bonds is 2. The Labute approximate surface area is 258 Å². The van der Waals surface area contributed by atoms with Crippen molar-refractivity contribution in [1.82, 2.24) is 15.1 Å². The van der Waals surface area contributed by atoms with Crippen LogP contribution < -0.4 is 19.5 Å². The largest absolute Gasteiger partial charge is 0.507 e. The lowest BCUT2D eigenvalue weighted by Crippen LogP contribution is -2.69. The molecule has 0 saturated carbocycles. The van der Waals surface area contributed by atoms with Crippen LogP contribution in [0.25, 0.3) is 0 Å². The Morgan fingerprint density at radius 2 is 1.91 bits per heavy atom. The second-order valence-corrected chi connectivity index (χ2v) is 13.2. The van der Waals surface area contributed by atoms with Gasteiger partial charge in [0.2, 0.25) is 12.7 Å². The van der Waals surface area contributed by atoms with Gasteiger partial charge in [0, 0.05) is 47.0 Å². The molecule has 232 valence electrons. The molecule has 0 aliphatic carbocycles. The van der Waals surface area contributed by atoms with Gasteiger partial charge in [-0.2, -0.15) is 5.26 Å². The summed E-state index contributed by atoms with van der Waals surface area (Å²) >= 11 is 1.40. The van der Waals surface area contributed by atoms with Gasteiger partial charge < -0.3 is 34.5 Å². The van der Waals surface area contributed by atoms with Crippen molar-refractivity contribution in [3.8, 4) is 34.8 Å². The van der Waals surface area contributed by atoms with Gasteiger partial charge in [0.05, 0.1) is 30.5 Å². The number of ether oxygens (including phenoxy) is 4. The first kappa shape index (κ1) is 28.9. The molecule has 13 heteroatoms. The van der Waals surface area contributed by atoms with E-state index in [4.69, 9.17) is 18.9 Å². The zero-order chi connectivity index (χ0) is 31.2. The smallest absolute Gasteiger partial charge is 0.329 e. The van der Waals surface area contributed by atoms with E-state index in [9.17, 15) is 25.1 Å². The fourth-order valence-electron chi connectivity index (χ4n) is 8.05. The van der Waals surface area contributed by atoms with Gasteiger partial charge in [-0.15, -0.1) is 11.8 Å². The number of aromatic hydroxyl groups is 2. The molecule has 5 aliphatic heterocycles. The molecule has 2 saturated heterocycles. The number of hydrogen-bond acceptors (Lipinski definition) is 12. The molecule has 5 heterocycles. The van der Waals surface area contributed by atoms with Crippen molar-refractivity contribution < 1.29 is 38.7 Å². The number of nitriles is 1. The molecule has 0 radical (unpaired) electrons. The van der Waals surface area contributed by atoms with Crippen LogP contribution in [-0.2, 0) is 20.7 Å². The highest BCUT2D eigenvalue weighted by Gasteiger charge is 2.60. The number of nitrogens with zero attached hydrogens (tertiary/aromatic N) is 3. The standard InChI is InChI=1S/C31H34N4O8S/c1-12-6-15-7-17-18(8-32)35-19-9-41-31(39)16(33-14(3)36)10-44-30(22-21(19)29-28(42-11-43-29)13(2)25(22)37)24(35)23(34(17)4)20(15)26(38)27(12)40-5/h6,16-19,23-24,30,37-38H,7,9-11H2,1-5H3,(H,33,36)/t16-,17-,18-,19-,23+,24?,30+/m0/s1. The van der Waals surface area contributed by atoms with Crippen LogP contribution in [0.1, 0.15) is 57.6 Å². The first-order valence-corrected chi connectivity index (χ1v) is 15.6. The number of carbonyl (C=O) groups is 2. The minimum atomic E-state index is -0.915. The summed E-state index contributed by atoms with van der Waals surface area (Å²) in [7, 11) is 3.49. The molecular formula is C31H34N4O8S. The number of likely N-dealkylation sites (N-methyl/N-ethyl adjacent to an activating group) is 1. The molecule has 0 spiro atoms. The maximum atomic E-state index is 13.3. The lowest BCUT2D eigenvalue weighted by Gasteiger charge is -2.61. The van der Waals surface area contributed by atoms with E-state index in [1.54, 1.807) is 6.92 Å². The first-order valence-electron chi connectivity index (χ1n) is 14.6. The SMILES string of the molecule is COc1c(C)cc2c(c1O)[C@@H]1C3[C@@H]4SC[C@H](NC(C)=O)C(=O)OC[C@@H](c5c6c(c(C)c(O)c54)OCO6)N3[C@@H](C#N)[C@H](C2)N1C. The molecule has 2 aromatic carbocycles. The predicted octanol–water partition coefficient (Wildman–Crippen LogP) is 2.52. The number of esters is 1. The highest BCUT2D eigenvalue weighted by atomic mass is 32.2. The Hall–Kier alpha value is -3.86. The fourth-order valence-corrected chi connectivity index (χ4v) is 9.56. The number of nitrogens with one attached hydrogen (secondary N) is 1. The van der Waals surface area contributed by atoms with Crippen molar-refractivity contribution in [2.24, 2.45) is 0 Å². The van der Waals surface area contributed by atoms with Crippen molar-refractivity contribution in [3.05, 3.63) is 39.4 Å². The lowest BCUT2D eigenvalue weighted by molar-refractivity contribution is -0.152. The van der Waals surface area contributed by atoms with Crippen LogP contribution in [0.5, 0.6) is 28.7 Å². The number of benzene rings is 2. The Kier molecular flexibility index (Phi) is 6.80. The van der Waals surface area contributed by atoms with Gasteiger partial charge >= 0.3 is 5.97 Å². The number of fused-ring (bicyclic) bond motifs is 9. The molecule has 3 N–H and O–H groups in total. The summed E-state index contributed by atoms with van der Waals surface area (Å²) in [5, 5.41) is 36.6. The second-order valence-electron chi connectivity index (χ2n) is 12.1. The van der Waals surface area contributed by atoms with Gasteiger partial charge in [-0.05, 0) is 38.4 Å². The number of aryl methyl sites for hydroxylation is 1. The van der Waals surface area contributed by atoms with E-state index in [2.05, 4.69) is 21.2 Å². The quantitative estimate of drug-likeness (QED) is 0.422. The molecule has 1 amide bonds. The number of cyclic esters (lactones) is 1. The van der Waals surface area contributed by atoms with Gasteiger partial charge in [0.1, 0.15) is 24.4 Å². The highest BCUT2D eigenvalue weighted by molar-refractivity contribution is 7.99. The van der Waals surface area contributed by atoms with Crippen molar-refractivity contribution in [1.29, 1.82) is 5.26 Å². The zero-order valence-corrected chi connectivity index (χ0v) is 25.9. The predicted molar refractivity (Wildman–Crippen MR) is 158 cm³/mol. The van der Waals surface area contributed by atoms with E-state index in [0.717, 1.165) is 16.7 Å². The van der Waals surface area contributed by atoms with Crippen LogP contribution in [0.2, 0.25) is 0 Å². The van der Waals surface area contributed by atoms with E-state index in [-0.39, 0.29) is 42.6 Å². The van der Waals surface area contributed by atoms with E-state index in [1.807, 2.05) is 20.0 Å². The fraction of sp³-hybridized carbons (Fsp3) is 0.516. The minimum absolute atomic E-state index is 0.0273. The number of hydrogen-bond donors (Lipinski definition) is 3. The minimum Gasteiger partial charge on any atom is -0.507 e. The van der Waals surface area contributed by atoms with Crippen molar-refractivity contribution in [2.75, 3.05) is 33.3 Å². The molecule has 2 aromatic rings. The average molecular weight is 623 g/mol. The van der Waals surface area contributed by atoms with Crippen LogP contribution in [0.3, 0.4) is 0 Å². The Bertz CT molecular complexity index is 1640. The summed E-state index contributed by atoms with van der Waals surface area (Å²) in [5.74, 6) is 0.614. The second kappa shape index (κ2) is 10.4. The zero-order valence-electron chi connectivity index (χ0n) is 25.0. The number of methoxy groups -OCH3 is 1. The monoisotopic (exact) mass is 622 g/mol. The number of phenols is 2. The summed E-state index contributed by atoms with van der Waals surface area (Å²) in [5.41, 5.74) is 4.25. The number of piperazine rings is 1. The van der Waals surface area contributed by atoms with Gasteiger partial charge in [-0.1, -0.05) is 6.07 Å². The Morgan fingerprint density at radius 3 is 2.61 bits per heavy atom. The van der Waals surface area contributed by atoms with E-state index in [0.29, 0.717) is 40.4 Å². The van der Waals surface area contributed by atoms with Gasteiger partial charge in [0.25, 0.3) is 0 Å². The average Bonchev–Trinajstić information content (AvgIpc) is 3.47. The Balaban J connectivity index is 1.51. The highest BCUT2D eigenvalue weighted by Crippen LogP contribution is 2.63. The summed E-state index contributed by atoms with van der Waals surface area (Å²) in [6, 6.07) is 1.22.